The van der Waals surface area contributed by atoms with Gasteiger partial charge in [0.2, 0.25) is 5.91 Å². The van der Waals surface area contributed by atoms with Gasteiger partial charge in [0, 0.05) is 12.1 Å². The zero-order valence-corrected chi connectivity index (χ0v) is 25.8. The molecule has 4 aromatic rings. The van der Waals surface area contributed by atoms with Gasteiger partial charge in [0.15, 0.2) is 5.15 Å². The number of imidazole rings is 2. The lowest BCUT2D eigenvalue weighted by molar-refractivity contribution is -0.130. The van der Waals surface area contributed by atoms with Gasteiger partial charge in [-0.15, -0.1) is 0 Å². The van der Waals surface area contributed by atoms with E-state index >= 15 is 0 Å². The van der Waals surface area contributed by atoms with Crippen molar-refractivity contribution in [3.05, 3.63) is 71.5 Å². The Balaban J connectivity index is 1.25. The van der Waals surface area contributed by atoms with Gasteiger partial charge < -0.3 is 24.9 Å². The maximum absolute atomic E-state index is 12.6. The molecule has 1 saturated heterocycles. The van der Waals surface area contributed by atoms with Crippen molar-refractivity contribution in [3.8, 4) is 33.6 Å². The molecular formula is C32H38ClN7O3. The minimum atomic E-state index is -0.637. The summed E-state index contributed by atoms with van der Waals surface area (Å²) >= 11 is 6.58. The van der Waals surface area contributed by atoms with Crippen LogP contribution in [0.2, 0.25) is 5.15 Å². The van der Waals surface area contributed by atoms with Crippen LogP contribution in [0.5, 0.6) is 0 Å². The molecule has 0 saturated carbocycles. The summed E-state index contributed by atoms with van der Waals surface area (Å²) in [5, 5.41) is 2.93. The first kappa shape index (κ1) is 30.3. The van der Waals surface area contributed by atoms with E-state index in [1.165, 1.54) is 7.11 Å². The topological polar surface area (TPSA) is 119 Å². The lowest BCUT2D eigenvalue weighted by Crippen LogP contribution is -2.40. The molecule has 3 N–H and O–H groups in total. The van der Waals surface area contributed by atoms with Crippen LogP contribution in [0.4, 0.5) is 4.79 Å². The number of halogens is 1. The molecule has 0 aliphatic carbocycles. The van der Waals surface area contributed by atoms with Gasteiger partial charge in [-0.1, -0.05) is 67.1 Å². The Hall–Kier alpha value is -4.15. The summed E-state index contributed by atoms with van der Waals surface area (Å²) in [7, 11) is 3.40. The Kier molecular flexibility index (Phi) is 9.17. The van der Waals surface area contributed by atoms with Gasteiger partial charge in [0.25, 0.3) is 0 Å². The monoisotopic (exact) mass is 603 g/mol. The molecule has 0 spiro atoms. The molecular weight excluding hydrogens is 566 g/mol. The number of rotatable bonds is 10. The van der Waals surface area contributed by atoms with Crippen LogP contribution in [-0.2, 0) is 21.6 Å². The van der Waals surface area contributed by atoms with E-state index in [4.69, 9.17) is 11.6 Å². The third kappa shape index (κ3) is 6.60. The Bertz CT molecular complexity index is 1560. The molecule has 0 radical (unpaired) electrons. The summed E-state index contributed by atoms with van der Waals surface area (Å²) < 4.78 is 4.55. The van der Waals surface area contributed by atoms with E-state index in [1.54, 1.807) is 11.1 Å². The van der Waals surface area contributed by atoms with Crippen molar-refractivity contribution in [2.75, 3.05) is 33.8 Å². The highest BCUT2D eigenvalue weighted by molar-refractivity contribution is 6.31. The number of ether oxygens (including phenoxy) is 1. The number of H-pyrrole nitrogens is 2. The summed E-state index contributed by atoms with van der Waals surface area (Å²) in [4.78, 5) is 43.9. The zero-order chi connectivity index (χ0) is 30.6. The molecule has 2 amide bonds. The van der Waals surface area contributed by atoms with E-state index in [1.807, 2.05) is 19.1 Å². The molecule has 11 heteroatoms. The fourth-order valence-electron chi connectivity index (χ4n) is 5.53. The third-order valence-corrected chi connectivity index (χ3v) is 8.53. The molecule has 1 aliphatic rings. The fraction of sp³-hybridized carbons (Fsp3) is 0.375. The van der Waals surface area contributed by atoms with Crippen LogP contribution >= 0.6 is 11.6 Å². The number of amides is 2. The standard InChI is InChI=1S/C32H38ClN7O3/c1-5-16-40(27(41)19-35-31(42)43-4)20-26-34-18-25(36-26)23-11-7-21(8-12-23)22-9-13-24(14-10-22)28-29(33)38-30(37-28)32(2)15-6-17-39(32)3/h7-14,18H,5-6,15-17,19-20H2,1-4H3,(H,34,36)(H,35,42)(H,37,38)/t32-/m0/s1. The molecule has 10 nitrogen and oxygen atoms in total. The van der Waals surface area contributed by atoms with E-state index in [0.29, 0.717) is 24.1 Å². The van der Waals surface area contributed by atoms with Crippen molar-refractivity contribution in [3.63, 3.8) is 0 Å². The SMILES string of the molecule is CCCN(Cc1ncc(-c2ccc(-c3ccc(-c4[nH]c([C@]5(C)CCCN5C)nc4Cl)cc3)cc2)[nH]1)C(=O)CNC(=O)OC. The largest absolute Gasteiger partial charge is 0.453 e. The minimum absolute atomic E-state index is 0.129. The molecule has 2 aromatic heterocycles. The van der Waals surface area contributed by atoms with Gasteiger partial charge in [0.05, 0.1) is 36.8 Å². The molecule has 43 heavy (non-hydrogen) atoms. The van der Waals surface area contributed by atoms with E-state index in [2.05, 4.69) is 85.3 Å². The second-order valence-corrected chi connectivity index (χ2v) is 11.5. The predicted octanol–water partition coefficient (Wildman–Crippen LogP) is 5.82. The lowest BCUT2D eigenvalue weighted by Gasteiger charge is -2.29. The Morgan fingerprint density at radius 3 is 2.33 bits per heavy atom. The first-order valence-corrected chi connectivity index (χ1v) is 14.9. The Morgan fingerprint density at radius 2 is 1.72 bits per heavy atom. The van der Waals surface area contributed by atoms with E-state index in [9.17, 15) is 9.59 Å². The van der Waals surface area contributed by atoms with Crippen LogP contribution in [-0.4, -0.2) is 75.5 Å². The smallest absolute Gasteiger partial charge is 0.407 e. The summed E-state index contributed by atoms with van der Waals surface area (Å²) in [5.74, 6) is 1.38. The summed E-state index contributed by atoms with van der Waals surface area (Å²) in [6, 6.07) is 16.6. The quantitative estimate of drug-likeness (QED) is 0.210. The highest BCUT2D eigenvalue weighted by atomic mass is 35.5. The summed E-state index contributed by atoms with van der Waals surface area (Å²) in [6.07, 6.45) is 4.11. The van der Waals surface area contributed by atoms with Gasteiger partial charge in [-0.05, 0) is 56.5 Å². The number of alkyl carbamates (subject to hydrolysis) is 1. The normalized spacial score (nSPS) is 16.8. The van der Waals surface area contributed by atoms with Crippen molar-refractivity contribution < 1.29 is 14.3 Å². The van der Waals surface area contributed by atoms with Gasteiger partial charge >= 0.3 is 6.09 Å². The predicted molar refractivity (Wildman–Crippen MR) is 167 cm³/mol. The van der Waals surface area contributed by atoms with Crippen LogP contribution in [0, 0.1) is 0 Å². The van der Waals surface area contributed by atoms with Crippen LogP contribution < -0.4 is 5.32 Å². The summed E-state index contributed by atoms with van der Waals surface area (Å²) in [6.45, 7) is 6.00. The number of benzene rings is 2. The molecule has 2 aromatic carbocycles. The summed E-state index contributed by atoms with van der Waals surface area (Å²) in [5.41, 5.74) is 5.73. The van der Waals surface area contributed by atoms with Gasteiger partial charge in [-0.2, -0.15) is 0 Å². The van der Waals surface area contributed by atoms with E-state index in [0.717, 1.165) is 65.3 Å². The fourth-order valence-corrected chi connectivity index (χ4v) is 5.77. The molecule has 1 atom stereocenters. The Morgan fingerprint density at radius 1 is 1.07 bits per heavy atom. The van der Waals surface area contributed by atoms with Crippen molar-refractivity contribution in [2.24, 2.45) is 0 Å². The molecule has 1 aliphatic heterocycles. The van der Waals surface area contributed by atoms with Crippen molar-refractivity contribution in [1.29, 1.82) is 0 Å². The number of nitrogens with one attached hydrogen (secondary N) is 3. The van der Waals surface area contributed by atoms with Gasteiger partial charge in [-0.3, -0.25) is 9.69 Å². The van der Waals surface area contributed by atoms with Crippen LogP contribution in [0.15, 0.2) is 54.7 Å². The average molecular weight is 604 g/mol. The van der Waals surface area contributed by atoms with Crippen LogP contribution in [0.3, 0.4) is 0 Å². The highest BCUT2D eigenvalue weighted by Gasteiger charge is 2.38. The number of likely N-dealkylation sites (tertiary alicyclic amines) is 1. The number of hydrogen-bond donors (Lipinski definition) is 3. The van der Waals surface area contributed by atoms with Crippen molar-refractivity contribution >= 4 is 23.6 Å². The maximum Gasteiger partial charge on any atom is 0.407 e. The third-order valence-electron chi connectivity index (χ3n) is 8.26. The second-order valence-electron chi connectivity index (χ2n) is 11.1. The minimum Gasteiger partial charge on any atom is -0.453 e. The molecule has 0 bridgehead atoms. The van der Waals surface area contributed by atoms with Gasteiger partial charge in [0.1, 0.15) is 18.2 Å². The van der Waals surface area contributed by atoms with E-state index in [-0.39, 0.29) is 18.0 Å². The van der Waals surface area contributed by atoms with Crippen LogP contribution in [0.25, 0.3) is 33.6 Å². The van der Waals surface area contributed by atoms with Crippen LogP contribution in [0.1, 0.15) is 44.8 Å². The van der Waals surface area contributed by atoms with Gasteiger partial charge in [-0.25, -0.2) is 14.8 Å². The molecule has 226 valence electrons. The zero-order valence-electron chi connectivity index (χ0n) is 25.0. The first-order valence-electron chi connectivity index (χ1n) is 14.5. The average Bonchev–Trinajstić information content (AvgIpc) is 3.75. The second kappa shape index (κ2) is 13.0. The number of carbonyl (C=O) groups is 2. The number of aromatic nitrogens is 4. The lowest BCUT2D eigenvalue weighted by atomic mass is 9.98. The molecule has 1 fully saturated rings. The number of hydrogen-bond acceptors (Lipinski definition) is 6. The number of carbonyl (C=O) groups excluding carboxylic acids is 2. The van der Waals surface area contributed by atoms with Crippen molar-refractivity contribution in [2.45, 2.75) is 45.2 Å². The molecule has 5 rings (SSSR count). The highest BCUT2D eigenvalue weighted by Crippen LogP contribution is 2.38. The molecule has 3 heterocycles. The Labute approximate surface area is 256 Å². The maximum atomic E-state index is 12.6. The number of nitrogens with zero attached hydrogens (tertiary/aromatic N) is 4. The molecule has 0 unspecified atom stereocenters. The number of methoxy groups -OCH3 is 1. The van der Waals surface area contributed by atoms with Crippen molar-refractivity contribution in [1.82, 2.24) is 35.1 Å². The van der Waals surface area contributed by atoms with E-state index < -0.39 is 6.09 Å². The first-order chi connectivity index (χ1) is 20.7. The number of aromatic amines is 2.